The van der Waals surface area contributed by atoms with Crippen LogP contribution in [0.25, 0.3) is 5.69 Å². The first kappa shape index (κ1) is 14.3. The molecule has 0 spiro atoms. The fourth-order valence-corrected chi connectivity index (χ4v) is 2.61. The zero-order valence-corrected chi connectivity index (χ0v) is 13.4. The summed E-state index contributed by atoms with van der Waals surface area (Å²) in [6, 6.07) is 9.36. The summed E-state index contributed by atoms with van der Waals surface area (Å²) in [6.07, 6.45) is 4.17. The molecule has 118 valence electrons. The quantitative estimate of drug-likeness (QED) is 0.767. The average Bonchev–Trinajstić information content (AvgIpc) is 3.10. The van der Waals surface area contributed by atoms with Gasteiger partial charge in [0.25, 0.3) is 0 Å². The highest BCUT2D eigenvalue weighted by molar-refractivity contribution is 6.32. The van der Waals surface area contributed by atoms with E-state index in [2.05, 4.69) is 20.6 Å². The van der Waals surface area contributed by atoms with Gasteiger partial charge in [0.1, 0.15) is 11.9 Å². The van der Waals surface area contributed by atoms with Crippen molar-refractivity contribution in [3.05, 3.63) is 53.3 Å². The average molecular weight is 330 g/mol. The van der Waals surface area contributed by atoms with E-state index in [0.717, 1.165) is 30.2 Å². The predicted octanol–water partition coefficient (Wildman–Crippen LogP) is 3.96. The molecule has 1 aliphatic carbocycles. The van der Waals surface area contributed by atoms with E-state index in [4.69, 9.17) is 16.1 Å². The summed E-state index contributed by atoms with van der Waals surface area (Å²) in [5.74, 6) is 2.61. The molecular formula is C16H16ClN5O. The fourth-order valence-electron chi connectivity index (χ4n) is 2.39. The Hall–Kier alpha value is -2.34. The Morgan fingerprint density at radius 3 is 2.91 bits per heavy atom. The van der Waals surface area contributed by atoms with Crippen LogP contribution in [0.2, 0.25) is 5.02 Å². The molecule has 3 aromatic rings. The monoisotopic (exact) mass is 329 g/mol. The SMILES string of the molecule is CC(Nc1ccn(-c2ccccc2Cl)n1)c1nc(C2CC2)no1. The number of para-hydroxylation sites is 1. The zero-order valence-electron chi connectivity index (χ0n) is 12.6. The number of hydrogen-bond donors (Lipinski definition) is 1. The van der Waals surface area contributed by atoms with Crippen LogP contribution in [0.15, 0.2) is 41.1 Å². The van der Waals surface area contributed by atoms with Crippen molar-refractivity contribution in [1.29, 1.82) is 0 Å². The molecular weight excluding hydrogens is 314 g/mol. The normalized spacial score (nSPS) is 15.6. The highest BCUT2D eigenvalue weighted by atomic mass is 35.5. The van der Waals surface area contributed by atoms with Crippen molar-refractivity contribution in [1.82, 2.24) is 19.9 Å². The van der Waals surface area contributed by atoms with Gasteiger partial charge < -0.3 is 9.84 Å². The lowest BCUT2D eigenvalue weighted by atomic mass is 10.3. The molecule has 0 amide bonds. The van der Waals surface area contributed by atoms with E-state index < -0.39 is 0 Å². The van der Waals surface area contributed by atoms with Crippen molar-refractivity contribution in [3.63, 3.8) is 0 Å². The van der Waals surface area contributed by atoms with Crippen LogP contribution in [0.4, 0.5) is 5.82 Å². The van der Waals surface area contributed by atoms with Crippen LogP contribution in [-0.4, -0.2) is 19.9 Å². The number of nitrogens with one attached hydrogen (secondary N) is 1. The molecule has 0 aliphatic heterocycles. The summed E-state index contributed by atoms with van der Waals surface area (Å²) >= 11 is 6.19. The first-order valence-electron chi connectivity index (χ1n) is 7.61. The Balaban J connectivity index is 1.49. The van der Waals surface area contributed by atoms with E-state index in [-0.39, 0.29) is 6.04 Å². The van der Waals surface area contributed by atoms with Crippen molar-refractivity contribution in [2.75, 3.05) is 5.32 Å². The van der Waals surface area contributed by atoms with Crippen LogP contribution in [0.5, 0.6) is 0 Å². The van der Waals surface area contributed by atoms with Gasteiger partial charge in [0.05, 0.1) is 10.7 Å². The van der Waals surface area contributed by atoms with E-state index >= 15 is 0 Å². The number of hydrogen-bond acceptors (Lipinski definition) is 5. The summed E-state index contributed by atoms with van der Waals surface area (Å²) in [5.41, 5.74) is 0.837. The van der Waals surface area contributed by atoms with Crippen molar-refractivity contribution in [3.8, 4) is 5.69 Å². The first-order valence-corrected chi connectivity index (χ1v) is 7.99. The molecule has 6 nitrogen and oxygen atoms in total. The molecule has 1 unspecified atom stereocenters. The maximum Gasteiger partial charge on any atom is 0.248 e. The van der Waals surface area contributed by atoms with Crippen molar-refractivity contribution >= 4 is 17.4 Å². The Labute approximate surface area is 138 Å². The van der Waals surface area contributed by atoms with Gasteiger partial charge >= 0.3 is 0 Å². The molecule has 1 aromatic carbocycles. The smallest absolute Gasteiger partial charge is 0.248 e. The highest BCUT2D eigenvalue weighted by Gasteiger charge is 2.29. The second-order valence-electron chi connectivity index (χ2n) is 5.73. The van der Waals surface area contributed by atoms with Gasteiger partial charge in [-0.15, -0.1) is 0 Å². The Morgan fingerprint density at radius 1 is 1.30 bits per heavy atom. The van der Waals surface area contributed by atoms with E-state index in [1.807, 2.05) is 43.5 Å². The number of nitrogens with zero attached hydrogens (tertiary/aromatic N) is 4. The summed E-state index contributed by atoms with van der Waals surface area (Å²) in [6.45, 7) is 1.97. The van der Waals surface area contributed by atoms with Gasteiger partial charge in [-0.05, 0) is 31.9 Å². The fraction of sp³-hybridized carbons (Fsp3) is 0.312. The molecule has 2 aromatic heterocycles. The minimum Gasteiger partial charge on any atom is -0.357 e. The molecule has 0 bridgehead atoms. The number of benzene rings is 1. The lowest BCUT2D eigenvalue weighted by Gasteiger charge is -2.08. The van der Waals surface area contributed by atoms with E-state index in [1.54, 1.807) is 4.68 Å². The zero-order chi connectivity index (χ0) is 15.8. The molecule has 1 aliphatic rings. The van der Waals surface area contributed by atoms with Gasteiger partial charge in [-0.3, -0.25) is 0 Å². The van der Waals surface area contributed by atoms with E-state index in [9.17, 15) is 0 Å². The molecule has 0 saturated heterocycles. The lowest BCUT2D eigenvalue weighted by molar-refractivity contribution is 0.362. The van der Waals surface area contributed by atoms with E-state index in [1.165, 1.54) is 0 Å². The molecule has 23 heavy (non-hydrogen) atoms. The third-order valence-corrected chi connectivity index (χ3v) is 4.14. The van der Waals surface area contributed by atoms with Crippen LogP contribution in [0.3, 0.4) is 0 Å². The minimum atomic E-state index is -0.107. The summed E-state index contributed by atoms with van der Waals surface area (Å²) in [5, 5.41) is 12.5. The van der Waals surface area contributed by atoms with Gasteiger partial charge in [-0.2, -0.15) is 10.1 Å². The predicted molar refractivity (Wildman–Crippen MR) is 86.9 cm³/mol. The second-order valence-corrected chi connectivity index (χ2v) is 6.14. The van der Waals surface area contributed by atoms with Crippen LogP contribution < -0.4 is 5.32 Å². The number of halogens is 1. The van der Waals surface area contributed by atoms with Crippen LogP contribution in [0, 0.1) is 0 Å². The van der Waals surface area contributed by atoms with Crippen molar-refractivity contribution in [2.24, 2.45) is 0 Å². The summed E-state index contributed by atoms with van der Waals surface area (Å²) in [4.78, 5) is 4.45. The molecule has 1 N–H and O–H groups in total. The van der Waals surface area contributed by atoms with Crippen LogP contribution >= 0.6 is 11.6 Å². The van der Waals surface area contributed by atoms with Gasteiger partial charge in [0.2, 0.25) is 5.89 Å². The maximum atomic E-state index is 6.19. The highest BCUT2D eigenvalue weighted by Crippen LogP contribution is 2.38. The minimum absolute atomic E-state index is 0.107. The van der Waals surface area contributed by atoms with Crippen LogP contribution in [-0.2, 0) is 0 Å². The number of anilines is 1. The third-order valence-electron chi connectivity index (χ3n) is 3.82. The molecule has 1 fully saturated rings. The van der Waals surface area contributed by atoms with Crippen molar-refractivity contribution < 1.29 is 4.52 Å². The molecule has 1 saturated carbocycles. The topological polar surface area (TPSA) is 68.8 Å². The lowest BCUT2D eigenvalue weighted by Crippen LogP contribution is -2.08. The molecule has 4 rings (SSSR count). The molecule has 0 radical (unpaired) electrons. The summed E-state index contributed by atoms with van der Waals surface area (Å²) in [7, 11) is 0. The second kappa shape index (κ2) is 5.70. The Morgan fingerprint density at radius 2 is 2.13 bits per heavy atom. The summed E-state index contributed by atoms with van der Waals surface area (Å²) < 4.78 is 7.07. The van der Waals surface area contributed by atoms with Gasteiger partial charge in [0.15, 0.2) is 5.82 Å². The molecule has 7 heteroatoms. The van der Waals surface area contributed by atoms with Crippen molar-refractivity contribution in [2.45, 2.75) is 31.7 Å². The number of rotatable bonds is 5. The van der Waals surface area contributed by atoms with Crippen LogP contribution in [0.1, 0.15) is 43.4 Å². The van der Waals surface area contributed by atoms with Gasteiger partial charge in [-0.25, -0.2) is 4.68 Å². The van der Waals surface area contributed by atoms with Gasteiger partial charge in [-0.1, -0.05) is 28.9 Å². The van der Waals surface area contributed by atoms with Gasteiger partial charge in [0, 0.05) is 18.2 Å². The molecule has 1 atom stereocenters. The van der Waals surface area contributed by atoms with E-state index in [0.29, 0.717) is 16.8 Å². The Bertz CT molecular complexity index is 823. The standard InChI is InChI=1S/C16H16ClN5O/c1-10(16-19-15(21-23-16)11-6-7-11)18-14-8-9-22(20-14)13-5-3-2-4-12(13)17/h2-5,8-11H,6-7H2,1H3,(H,18,20). The third kappa shape index (κ3) is 2.94. The molecule has 2 heterocycles. The Kier molecular flexibility index (Phi) is 3.53. The maximum absolute atomic E-state index is 6.19. The first-order chi connectivity index (χ1) is 11.2. The largest absolute Gasteiger partial charge is 0.357 e. The number of aromatic nitrogens is 4.